The van der Waals surface area contributed by atoms with Gasteiger partial charge in [0, 0.05) is 31.0 Å². The summed E-state index contributed by atoms with van der Waals surface area (Å²) in [6.45, 7) is 5.61. The first kappa shape index (κ1) is 23.6. The van der Waals surface area contributed by atoms with Crippen molar-refractivity contribution in [1.82, 2.24) is 4.98 Å². The lowest BCUT2D eigenvalue weighted by Crippen LogP contribution is -2.39. The minimum Gasteiger partial charge on any atom is -0.497 e. The summed E-state index contributed by atoms with van der Waals surface area (Å²) < 4.78 is 37.2. The average Bonchev–Trinajstić information content (AvgIpc) is 3.30. The number of methoxy groups -OCH3 is 2. The third-order valence-corrected chi connectivity index (χ3v) is 9.71. The van der Waals surface area contributed by atoms with E-state index in [4.69, 9.17) is 14.5 Å². The highest BCUT2D eigenvalue weighted by molar-refractivity contribution is 7.92. The molecular formula is C25H30N2O4S2. The number of hydrogen-bond acceptors (Lipinski definition) is 7. The third-order valence-electron chi connectivity index (χ3n) is 6.46. The van der Waals surface area contributed by atoms with Gasteiger partial charge in [-0.15, -0.1) is 11.3 Å². The van der Waals surface area contributed by atoms with E-state index in [1.807, 2.05) is 0 Å². The summed E-state index contributed by atoms with van der Waals surface area (Å²) in [5.74, 6) is 0.897. The highest BCUT2D eigenvalue weighted by Gasteiger charge is 2.34. The number of ether oxygens (including phenoxy) is 2. The topological polar surface area (TPSA) is 68.7 Å². The zero-order chi connectivity index (χ0) is 23.6. The first-order valence-electron chi connectivity index (χ1n) is 11.0. The number of anilines is 1. The van der Waals surface area contributed by atoms with E-state index < -0.39 is 15.1 Å². The van der Waals surface area contributed by atoms with Gasteiger partial charge in [-0.1, -0.05) is 18.2 Å². The maximum Gasteiger partial charge on any atom is 0.185 e. The Labute approximate surface area is 200 Å². The van der Waals surface area contributed by atoms with Crippen LogP contribution in [0.3, 0.4) is 0 Å². The smallest absolute Gasteiger partial charge is 0.185 e. The molecule has 8 heteroatoms. The van der Waals surface area contributed by atoms with Gasteiger partial charge in [-0.25, -0.2) is 13.4 Å². The van der Waals surface area contributed by atoms with Gasteiger partial charge >= 0.3 is 0 Å². The zero-order valence-corrected chi connectivity index (χ0v) is 21.1. The van der Waals surface area contributed by atoms with Crippen molar-refractivity contribution in [3.05, 3.63) is 64.2 Å². The molecule has 1 aliphatic rings. The van der Waals surface area contributed by atoms with Crippen molar-refractivity contribution >= 4 is 26.3 Å². The molecule has 0 spiro atoms. The van der Waals surface area contributed by atoms with Gasteiger partial charge < -0.3 is 14.4 Å². The molecule has 0 saturated carbocycles. The second-order valence-electron chi connectivity index (χ2n) is 8.41. The molecule has 0 aliphatic carbocycles. The van der Waals surface area contributed by atoms with Gasteiger partial charge in [0.25, 0.3) is 0 Å². The van der Waals surface area contributed by atoms with E-state index in [0.717, 1.165) is 17.2 Å². The van der Waals surface area contributed by atoms with Crippen LogP contribution in [0.5, 0.6) is 11.5 Å². The van der Waals surface area contributed by atoms with Gasteiger partial charge in [0.15, 0.2) is 15.0 Å². The Morgan fingerprint density at radius 1 is 1.09 bits per heavy atom. The van der Waals surface area contributed by atoms with Crippen molar-refractivity contribution in [2.75, 3.05) is 32.2 Å². The summed E-state index contributed by atoms with van der Waals surface area (Å²) in [7, 11) is -0.477. The molecule has 0 radical (unpaired) electrons. The molecule has 33 heavy (non-hydrogen) atoms. The molecule has 1 aliphatic heterocycles. The van der Waals surface area contributed by atoms with Crippen LogP contribution in [0.1, 0.15) is 35.2 Å². The van der Waals surface area contributed by atoms with Crippen LogP contribution in [0.4, 0.5) is 5.13 Å². The van der Waals surface area contributed by atoms with Crippen molar-refractivity contribution in [3.63, 3.8) is 0 Å². The minimum absolute atomic E-state index is 0.231. The molecule has 2 aromatic carbocycles. The van der Waals surface area contributed by atoms with Crippen LogP contribution in [-0.2, 0) is 16.3 Å². The largest absolute Gasteiger partial charge is 0.497 e. The first-order valence-corrected chi connectivity index (χ1v) is 13.5. The standard InChI is InChI=1S/C25H30N2O4S2/c1-17-6-5-7-19(18(17)2)14-20-16-32-25(26-20)27-12-10-22(11-13-27)33(28,29)24-9-8-21(30-3)15-23(24)31-4/h5-9,15-16,22H,10-14H2,1-4H3. The number of hydrogen-bond donors (Lipinski definition) is 0. The van der Waals surface area contributed by atoms with Crippen LogP contribution in [0, 0.1) is 13.8 Å². The summed E-state index contributed by atoms with van der Waals surface area (Å²) >= 11 is 1.63. The Morgan fingerprint density at radius 3 is 2.55 bits per heavy atom. The highest BCUT2D eigenvalue weighted by Crippen LogP contribution is 2.35. The van der Waals surface area contributed by atoms with E-state index in [1.54, 1.807) is 36.6 Å². The fourth-order valence-corrected chi connectivity index (χ4v) is 7.02. The molecule has 176 valence electrons. The molecule has 0 unspecified atom stereocenters. The molecule has 3 aromatic rings. The molecule has 2 heterocycles. The number of thiazole rings is 1. The van der Waals surface area contributed by atoms with Crippen LogP contribution < -0.4 is 14.4 Å². The molecule has 0 N–H and O–H groups in total. The van der Waals surface area contributed by atoms with Crippen LogP contribution >= 0.6 is 11.3 Å². The van der Waals surface area contributed by atoms with E-state index in [0.29, 0.717) is 37.4 Å². The maximum absolute atomic E-state index is 13.3. The van der Waals surface area contributed by atoms with Crippen molar-refractivity contribution in [2.24, 2.45) is 0 Å². The van der Waals surface area contributed by atoms with E-state index in [-0.39, 0.29) is 4.90 Å². The number of aryl methyl sites for hydroxylation is 1. The monoisotopic (exact) mass is 486 g/mol. The number of rotatable bonds is 7. The van der Waals surface area contributed by atoms with Gasteiger partial charge in [-0.05, 0) is 55.5 Å². The van der Waals surface area contributed by atoms with E-state index >= 15 is 0 Å². The molecule has 4 rings (SSSR count). The fraction of sp³-hybridized carbons (Fsp3) is 0.400. The fourth-order valence-electron chi connectivity index (χ4n) is 4.27. The van der Waals surface area contributed by atoms with E-state index in [2.05, 4.69) is 42.3 Å². The zero-order valence-electron chi connectivity index (χ0n) is 19.5. The lowest BCUT2D eigenvalue weighted by Gasteiger charge is -2.31. The Hall–Kier alpha value is -2.58. The Morgan fingerprint density at radius 2 is 1.85 bits per heavy atom. The van der Waals surface area contributed by atoms with Crippen LogP contribution in [0.15, 0.2) is 46.7 Å². The summed E-state index contributed by atoms with van der Waals surface area (Å²) in [4.78, 5) is 7.29. The van der Waals surface area contributed by atoms with Crippen LogP contribution in [0.2, 0.25) is 0 Å². The lowest BCUT2D eigenvalue weighted by atomic mass is 10.0. The molecule has 0 amide bonds. The van der Waals surface area contributed by atoms with Gasteiger partial charge in [0.05, 0.1) is 25.2 Å². The van der Waals surface area contributed by atoms with Gasteiger partial charge in [-0.2, -0.15) is 0 Å². The molecule has 0 bridgehead atoms. The van der Waals surface area contributed by atoms with Crippen molar-refractivity contribution in [3.8, 4) is 11.5 Å². The molecule has 1 saturated heterocycles. The van der Waals surface area contributed by atoms with Crippen LogP contribution in [0.25, 0.3) is 0 Å². The predicted octanol–water partition coefficient (Wildman–Crippen LogP) is 4.81. The quantitative estimate of drug-likeness (QED) is 0.477. The molecule has 1 fully saturated rings. The van der Waals surface area contributed by atoms with Gasteiger partial charge in [-0.3, -0.25) is 0 Å². The molecular weight excluding hydrogens is 456 g/mol. The van der Waals surface area contributed by atoms with E-state index in [9.17, 15) is 8.42 Å². The van der Waals surface area contributed by atoms with Crippen molar-refractivity contribution < 1.29 is 17.9 Å². The summed E-state index contributed by atoms with van der Waals surface area (Å²) in [5, 5.41) is 2.64. The first-order chi connectivity index (χ1) is 15.8. The van der Waals surface area contributed by atoms with Crippen molar-refractivity contribution in [2.45, 2.75) is 43.3 Å². The SMILES string of the molecule is COc1ccc(S(=O)(=O)C2CCN(c3nc(Cc4cccc(C)c4C)cs3)CC2)c(OC)c1. The molecule has 6 nitrogen and oxygen atoms in total. The minimum atomic E-state index is -3.50. The number of piperidine rings is 1. The van der Waals surface area contributed by atoms with Gasteiger partial charge in [0.2, 0.25) is 0 Å². The van der Waals surface area contributed by atoms with Crippen LogP contribution in [-0.4, -0.2) is 46.0 Å². The molecule has 0 atom stereocenters. The molecule has 1 aromatic heterocycles. The highest BCUT2D eigenvalue weighted by atomic mass is 32.2. The summed E-state index contributed by atoms with van der Waals surface area (Å²) in [6.07, 6.45) is 1.93. The summed E-state index contributed by atoms with van der Waals surface area (Å²) in [6, 6.07) is 11.2. The van der Waals surface area contributed by atoms with E-state index in [1.165, 1.54) is 23.8 Å². The Bertz CT molecular complexity index is 1230. The van der Waals surface area contributed by atoms with Gasteiger partial charge in [0.1, 0.15) is 16.4 Å². The number of benzene rings is 2. The number of nitrogens with zero attached hydrogens (tertiary/aromatic N) is 2. The normalized spacial score (nSPS) is 15.0. The number of aromatic nitrogens is 1. The average molecular weight is 487 g/mol. The lowest BCUT2D eigenvalue weighted by molar-refractivity contribution is 0.385. The Kier molecular flexibility index (Phi) is 6.95. The Balaban J connectivity index is 1.44. The van der Waals surface area contributed by atoms with Crippen molar-refractivity contribution in [1.29, 1.82) is 0 Å². The second-order valence-corrected chi connectivity index (χ2v) is 11.4. The predicted molar refractivity (Wildman–Crippen MR) is 133 cm³/mol. The summed E-state index contributed by atoms with van der Waals surface area (Å²) in [5.41, 5.74) is 4.96. The number of sulfone groups is 1. The third kappa shape index (κ3) is 4.87. The maximum atomic E-state index is 13.3. The second kappa shape index (κ2) is 9.73.